The third-order valence-corrected chi connectivity index (χ3v) is 3.77. The van der Waals surface area contributed by atoms with Crippen LogP contribution in [-0.4, -0.2) is 31.6 Å². The maximum Gasteiger partial charge on any atom is 0.0338 e. The van der Waals surface area contributed by atoms with Crippen molar-refractivity contribution in [2.75, 3.05) is 26.7 Å². The second-order valence-corrected chi connectivity index (χ2v) is 5.41. The van der Waals surface area contributed by atoms with Crippen LogP contribution in [0.2, 0.25) is 0 Å². The summed E-state index contributed by atoms with van der Waals surface area (Å²) in [4.78, 5) is 2.41. The van der Waals surface area contributed by atoms with E-state index in [2.05, 4.69) is 50.2 Å². The van der Waals surface area contributed by atoms with Gasteiger partial charge in [-0.15, -0.1) is 0 Å². The fourth-order valence-corrected chi connectivity index (χ4v) is 2.98. The van der Waals surface area contributed by atoms with Gasteiger partial charge in [-0.2, -0.15) is 0 Å². The van der Waals surface area contributed by atoms with E-state index in [9.17, 15) is 0 Å². The molecule has 0 radical (unpaired) electrons. The second kappa shape index (κ2) is 5.19. The molecule has 2 heteroatoms. The molecule has 0 aromatic heterocycles. The fourth-order valence-electron chi connectivity index (χ4n) is 2.98. The first-order chi connectivity index (χ1) is 8.08. The minimum atomic E-state index is 0.528. The lowest BCUT2D eigenvalue weighted by atomic mass is 9.92. The topological polar surface area (TPSA) is 15.3 Å². The number of nitrogens with zero attached hydrogens (tertiary/aromatic N) is 1. The molecule has 0 amide bonds. The molecular formula is C15H24N2. The lowest BCUT2D eigenvalue weighted by Gasteiger charge is -2.21. The van der Waals surface area contributed by atoms with E-state index in [1.165, 1.54) is 35.2 Å². The number of benzene rings is 1. The third kappa shape index (κ3) is 2.88. The van der Waals surface area contributed by atoms with Crippen molar-refractivity contribution in [3.63, 3.8) is 0 Å². The zero-order valence-electron chi connectivity index (χ0n) is 11.5. The van der Waals surface area contributed by atoms with Gasteiger partial charge in [0.15, 0.2) is 0 Å². The van der Waals surface area contributed by atoms with Crippen molar-refractivity contribution in [2.24, 2.45) is 0 Å². The van der Waals surface area contributed by atoms with Crippen molar-refractivity contribution >= 4 is 0 Å². The Balaban J connectivity index is 2.27. The number of aryl methyl sites for hydroxylation is 3. The van der Waals surface area contributed by atoms with Crippen LogP contribution < -0.4 is 5.32 Å². The van der Waals surface area contributed by atoms with Gasteiger partial charge >= 0.3 is 0 Å². The lowest BCUT2D eigenvalue weighted by molar-refractivity contribution is 0.355. The predicted molar refractivity (Wildman–Crippen MR) is 73.5 cm³/mol. The summed E-state index contributed by atoms with van der Waals surface area (Å²) in [5, 5.41) is 3.69. The SMILES string of the molecule is Cc1cc(C)c(C2CCN(C)CCN2)c(C)c1. The largest absolute Gasteiger partial charge is 0.309 e. The maximum atomic E-state index is 3.69. The lowest BCUT2D eigenvalue weighted by Crippen LogP contribution is -2.25. The predicted octanol–water partition coefficient (Wildman–Crippen LogP) is 2.58. The van der Waals surface area contributed by atoms with Crippen molar-refractivity contribution in [3.05, 3.63) is 34.4 Å². The van der Waals surface area contributed by atoms with E-state index in [0.29, 0.717) is 6.04 Å². The van der Waals surface area contributed by atoms with Crippen LogP contribution in [-0.2, 0) is 0 Å². The molecule has 1 heterocycles. The molecule has 1 N–H and O–H groups in total. The Labute approximate surface area is 105 Å². The summed E-state index contributed by atoms with van der Waals surface area (Å²) >= 11 is 0. The molecule has 1 unspecified atom stereocenters. The number of hydrogen-bond donors (Lipinski definition) is 1. The first kappa shape index (κ1) is 12.6. The van der Waals surface area contributed by atoms with Crippen LogP contribution >= 0.6 is 0 Å². The minimum absolute atomic E-state index is 0.528. The van der Waals surface area contributed by atoms with Gasteiger partial charge in [0, 0.05) is 19.1 Å². The van der Waals surface area contributed by atoms with Crippen molar-refractivity contribution in [1.82, 2.24) is 10.2 Å². The van der Waals surface area contributed by atoms with Crippen molar-refractivity contribution < 1.29 is 0 Å². The summed E-state index contributed by atoms with van der Waals surface area (Å²) in [5.41, 5.74) is 5.76. The van der Waals surface area contributed by atoms with Crippen LogP contribution in [0.4, 0.5) is 0 Å². The highest BCUT2D eigenvalue weighted by atomic mass is 15.1. The van der Waals surface area contributed by atoms with Crippen LogP contribution in [0.15, 0.2) is 12.1 Å². The molecule has 0 saturated carbocycles. The monoisotopic (exact) mass is 232 g/mol. The quantitative estimate of drug-likeness (QED) is 0.800. The molecule has 1 aliphatic rings. The van der Waals surface area contributed by atoms with E-state index < -0.39 is 0 Å². The Hall–Kier alpha value is -0.860. The highest BCUT2D eigenvalue weighted by Gasteiger charge is 2.19. The molecular weight excluding hydrogens is 208 g/mol. The summed E-state index contributed by atoms with van der Waals surface area (Å²) in [6, 6.07) is 5.14. The average molecular weight is 232 g/mol. The van der Waals surface area contributed by atoms with Crippen molar-refractivity contribution in [3.8, 4) is 0 Å². The zero-order chi connectivity index (χ0) is 12.4. The van der Waals surface area contributed by atoms with E-state index in [1.807, 2.05) is 0 Å². The van der Waals surface area contributed by atoms with Gasteiger partial charge in [0.2, 0.25) is 0 Å². The number of likely N-dealkylation sites (N-methyl/N-ethyl adjacent to an activating group) is 1. The Bertz CT molecular complexity index is 375. The molecule has 94 valence electrons. The van der Waals surface area contributed by atoms with Crippen LogP contribution in [0.1, 0.15) is 34.7 Å². The molecule has 2 nitrogen and oxygen atoms in total. The summed E-state index contributed by atoms with van der Waals surface area (Å²) in [5.74, 6) is 0. The molecule has 1 fully saturated rings. The van der Waals surface area contributed by atoms with Gasteiger partial charge in [0.25, 0.3) is 0 Å². The highest BCUT2D eigenvalue weighted by Crippen LogP contribution is 2.26. The van der Waals surface area contributed by atoms with Crippen LogP contribution in [0, 0.1) is 20.8 Å². The van der Waals surface area contributed by atoms with E-state index in [-0.39, 0.29) is 0 Å². The third-order valence-electron chi connectivity index (χ3n) is 3.77. The number of hydrogen-bond acceptors (Lipinski definition) is 2. The molecule has 0 aliphatic carbocycles. The first-order valence-electron chi connectivity index (χ1n) is 6.57. The van der Waals surface area contributed by atoms with Gasteiger partial charge in [-0.05, 0) is 57.5 Å². The molecule has 2 rings (SSSR count). The van der Waals surface area contributed by atoms with Gasteiger partial charge in [-0.1, -0.05) is 17.7 Å². The Kier molecular flexibility index (Phi) is 3.85. The minimum Gasteiger partial charge on any atom is -0.309 e. The van der Waals surface area contributed by atoms with Crippen LogP contribution in [0.3, 0.4) is 0 Å². The zero-order valence-corrected chi connectivity index (χ0v) is 11.5. The molecule has 1 atom stereocenters. The number of rotatable bonds is 1. The van der Waals surface area contributed by atoms with Gasteiger partial charge in [-0.25, -0.2) is 0 Å². The first-order valence-corrected chi connectivity index (χ1v) is 6.57. The van der Waals surface area contributed by atoms with Gasteiger partial charge < -0.3 is 10.2 Å². The van der Waals surface area contributed by atoms with Gasteiger partial charge in [-0.3, -0.25) is 0 Å². The molecule has 1 aliphatic heterocycles. The Morgan fingerprint density at radius 1 is 1.12 bits per heavy atom. The highest BCUT2D eigenvalue weighted by molar-refractivity contribution is 5.39. The van der Waals surface area contributed by atoms with Crippen LogP contribution in [0.5, 0.6) is 0 Å². The summed E-state index contributed by atoms with van der Waals surface area (Å²) in [6.07, 6.45) is 1.21. The Morgan fingerprint density at radius 2 is 1.76 bits per heavy atom. The average Bonchev–Trinajstić information content (AvgIpc) is 2.42. The van der Waals surface area contributed by atoms with Gasteiger partial charge in [0.05, 0.1) is 0 Å². The Morgan fingerprint density at radius 3 is 2.41 bits per heavy atom. The van der Waals surface area contributed by atoms with Crippen molar-refractivity contribution in [1.29, 1.82) is 0 Å². The van der Waals surface area contributed by atoms with E-state index >= 15 is 0 Å². The van der Waals surface area contributed by atoms with Gasteiger partial charge in [0.1, 0.15) is 0 Å². The summed E-state index contributed by atoms with van der Waals surface area (Å²) in [6.45, 7) is 10.1. The molecule has 1 saturated heterocycles. The summed E-state index contributed by atoms with van der Waals surface area (Å²) in [7, 11) is 2.21. The molecule has 1 aromatic carbocycles. The number of nitrogens with one attached hydrogen (secondary N) is 1. The molecule has 0 spiro atoms. The molecule has 17 heavy (non-hydrogen) atoms. The standard InChI is InChI=1S/C15H24N2/c1-11-9-12(2)15(13(3)10-11)14-5-7-17(4)8-6-16-14/h9-10,14,16H,5-8H2,1-4H3. The molecule has 0 bridgehead atoms. The smallest absolute Gasteiger partial charge is 0.0338 e. The second-order valence-electron chi connectivity index (χ2n) is 5.41. The summed E-state index contributed by atoms with van der Waals surface area (Å²) < 4.78 is 0. The fraction of sp³-hybridized carbons (Fsp3) is 0.600. The van der Waals surface area contributed by atoms with E-state index in [0.717, 1.165) is 13.1 Å². The van der Waals surface area contributed by atoms with Crippen molar-refractivity contribution in [2.45, 2.75) is 33.2 Å². The van der Waals surface area contributed by atoms with Crippen LogP contribution in [0.25, 0.3) is 0 Å². The normalized spacial score (nSPS) is 22.5. The van der Waals surface area contributed by atoms with E-state index in [1.54, 1.807) is 0 Å². The maximum absolute atomic E-state index is 3.69. The molecule has 1 aromatic rings. The van der Waals surface area contributed by atoms with E-state index in [4.69, 9.17) is 0 Å².